The van der Waals surface area contributed by atoms with Crippen LogP contribution in [0.15, 0.2) is 52.4 Å². The van der Waals surface area contributed by atoms with E-state index >= 15 is 0 Å². The number of ether oxygens (including phenoxy) is 1. The molecule has 0 atom stereocenters. The van der Waals surface area contributed by atoms with Gasteiger partial charge >= 0.3 is 0 Å². The Morgan fingerprint density at radius 3 is 2.81 bits per heavy atom. The van der Waals surface area contributed by atoms with Gasteiger partial charge in [-0.1, -0.05) is 12.1 Å². The number of H-pyrrole nitrogens is 1. The van der Waals surface area contributed by atoms with E-state index in [1.165, 1.54) is 18.5 Å². The summed E-state index contributed by atoms with van der Waals surface area (Å²) < 4.78 is 31.9. The number of nitrogens with one attached hydrogen (secondary N) is 2. The molecule has 0 saturated carbocycles. The van der Waals surface area contributed by atoms with Crippen LogP contribution in [0, 0.1) is 0 Å². The molecule has 112 valence electrons. The fourth-order valence-corrected chi connectivity index (χ4v) is 2.85. The van der Waals surface area contributed by atoms with Crippen molar-refractivity contribution < 1.29 is 13.2 Å². The summed E-state index contributed by atoms with van der Waals surface area (Å²) in [7, 11) is -3.85. The average molecular weight is 308 g/mol. The second kappa shape index (κ2) is 6.55. The number of hydrogen-bond acceptors (Lipinski definition) is 4. The SMILES string of the molecule is CCOc1cccc(CNS(=O)(=O)c2c[nH]ccc2=O)c1. The first-order valence-corrected chi connectivity index (χ1v) is 7.90. The number of aromatic amines is 1. The molecular formula is C14H16N2O4S. The molecule has 0 spiro atoms. The molecule has 7 heteroatoms. The molecule has 0 bridgehead atoms. The zero-order valence-electron chi connectivity index (χ0n) is 11.5. The summed E-state index contributed by atoms with van der Waals surface area (Å²) in [6.07, 6.45) is 2.55. The van der Waals surface area contributed by atoms with Crippen molar-refractivity contribution in [1.82, 2.24) is 9.71 Å². The predicted octanol–water partition coefficient (Wildman–Crippen LogP) is 1.25. The molecule has 0 aliphatic carbocycles. The third-order valence-corrected chi connectivity index (χ3v) is 4.18. The fraction of sp³-hybridized carbons (Fsp3) is 0.214. The van der Waals surface area contributed by atoms with Gasteiger partial charge in [-0.15, -0.1) is 0 Å². The number of benzene rings is 1. The fourth-order valence-electron chi connectivity index (χ4n) is 1.78. The molecule has 6 nitrogen and oxygen atoms in total. The van der Waals surface area contributed by atoms with Crippen LogP contribution in [0.3, 0.4) is 0 Å². The van der Waals surface area contributed by atoms with Crippen LogP contribution in [-0.4, -0.2) is 20.0 Å². The first kappa shape index (κ1) is 15.3. The van der Waals surface area contributed by atoms with Gasteiger partial charge in [0.15, 0.2) is 0 Å². The monoisotopic (exact) mass is 308 g/mol. The standard InChI is InChI=1S/C14H16N2O4S/c1-2-20-12-5-3-4-11(8-12)9-16-21(18,19)14-10-15-7-6-13(14)17/h3-8,10,16H,2,9H2,1H3,(H,15,17). The van der Waals surface area contributed by atoms with E-state index in [1.807, 2.05) is 6.92 Å². The van der Waals surface area contributed by atoms with Crippen molar-refractivity contribution in [2.45, 2.75) is 18.4 Å². The van der Waals surface area contributed by atoms with E-state index in [0.29, 0.717) is 12.4 Å². The molecule has 1 aromatic heterocycles. The lowest BCUT2D eigenvalue weighted by atomic mass is 10.2. The Labute approximate surface area is 122 Å². The van der Waals surface area contributed by atoms with Crippen LogP contribution in [0.1, 0.15) is 12.5 Å². The van der Waals surface area contributed by atoms with E-state index in [-0.39, 0.29) is 11.4 Å². The van der Waals surface area contributed by atoms with Gasteiger partial charge in [0, 0.05) is 25.0 Å². The maximum atomic E-state index is 12.1. The largest absolute Gasteiger partial charge is 0.494 e. The van der Waals surface area contributed by atoms with Crippen LogP contribution in [0.5, 0.6) is 5.75 Å². The van der Waals surface area contributed by atoms with Gasteiger partial charge in [0.05, 0.1) is 6.61 Å². The van der Waals surface area contributed by atoms with Crippen molar-refractivity contribution >= 4 is 10.0 Å². The van der Waals surface area contributed by atoms with Gasteiger partial charge < -0.3 is 9.72 Å². The van der Waals surface area contributed by atoms with Gasteiger partial charge in [-0.3, -0.25) is 4.79 Å². The first-order chi connectivity index (χ1) is 10.0. The normalized spacial score (nSPS) is 11.3. The Balaban J connectivity index is 2.14. The van der Waals surface area contributed by atoms with Crippen molar-refractivity contribution in [3.05, 3.63) is 58.5 Å². The van der Waals surface area contributed by atoms with Crippen molar-refractivity contribution in [2.75, 3.05) is 6.61 Å². The van der Waals surface area contributed by atoms with Gasteiger partial charge in [0.25, 0.3) is 0 Å². The maximum Gasteiger partial charge on any atom is 0.246 e. The third kappa shape index (κ3) is 3.93. The van der Waals surface area contributed by atoms with E-state index in [4.69, 9.17) is 4.74 Å². The second-order valence-electron chi connectivity index (χ2n) is 4.28. The van der Waals surface area contributed by atoms with Crippen LogP contribution in [-0.2, 0) is 16.6 Å². The molecule has 2 rings (SSSR count). The lowest BCUT2D eigenvalue weighted by molar-refractivity contribution is 0.340. The minimum absolute atomic E-state index is 0.0809. The topological polar surface area (TPSA) is 88.3 Å². The van der Waals surface area contributed by atoms with Crippen molar-refractivity contribution in [3.8, 4) is 5.75 Å². The number of sulfonamides is 1. The van der Waals surface area contributed by atoms with E-state index in [2.05, 4.69) is 9.71 Å². The molecule has 0 aliphatic heterocycles. The molecule has 0 aliphatic rings. The van der Waals surface area contributed by atoms with Crippen LogP contribution < -0.4 is 14.9 Å². The smallest absolute Gasteiger partial charge is 0.246 e. The minimum Gasteiger partial charge on any atom is -0.494 e. The van der Waals surface area contributed by atoms with Gasteiger partial charge in [-0.05, 0) is 24.6 Å². The highest BCUT2D eigenvalue weighted by molar-refractivity contribution is 7.89. The maximum absolute atomic E-state index is 12.1. The van der Waals surface area contributed by atoms with Gasteiger partial charge in [-0.25, -0.2) is 13.1 Å². The molecule has 2 N–H and O–H groups in total. The molecule has 2 aromatic rings. The summed E-state index contributed by atoms with van der Waals surface area (Å²) in [5, 5.41) is 0. The summed E-state index contributed by atoms with van der Waals surface area (Å²) in [5.41, 5.74) is 0.196. The zero-order chi connectivity index (χ0) is 15.3. The average Bonchev–Trinajstić information content (AvgIpc) is 2.46. The quantitative estimate of drug-likeness (QED) is 0.840. The van der Waals surface area contributed by atoms with Gasteiger partial charge in [0.2, 0.25) is 15.5 Å². The Kier molecular flexibility index (Phi) is 4.77. The summed E-state index contributed by atoms with van der Waals surface area (Å²) in [5.74, 6) is 0.673. The highest BCUT2D eigenvalue weighted by Crippen LogP contribution is 2.13. The summed E-state index contributed by atoms with van der Waals surface area (Å²) in [6, 6.07) is 8.28. The zero-order valence-corrected chi connectivity index (χ0v) is 12.3. The van der Waals surface area contributed by atoms with E-state index in [0.717, 1.165) is 5.56 Å². The third-order valence-electron chi connectivity index (χ3n) is 2.75. The Morgan fingerprint density at radius 2 is 2.10 bits per heavy atom. The van der Waals surface area contributed by atoms with Crippen LogP contribution >= 0.6 is 0 Å². The summed E-state index contributed by atoms with van der Waals surface area (Å²) >= 11 is 0. The van der Waals surface area contributed by atoms with E-state index < -0.39 is 15.5 Å². The van der Waals surface area contributed by atoms with E-state index in [1.54, 1.807) is 24.3 Å². The van der Waals surface area contributed by atoms with Gasteiger partial charge in [0.1, 0.15) is 10.6 Å². The minimum atomic E-state index is -3.85. The number of hydrogen-bond donors (Lipinski definition) is 2. The molecule has 0 amide bonds. The Hall–Kier alpha value is -2.12. The highest BCUT2D eigenvalue weighted by Gasteiger charge is 2.17. The molecule has 0 saturated heterocycles. The molecule has 0 radical (unpaired) electrons. The van der Waals surface area contributed by atoms with Gasteiger partial charge in [-0.2, -0.15) is 0 Å². The van der Waals surface area contributed by atoms with Crippen molar-refractivity contribution in [1.29, 1.82) is 0 Å². The molecule has 1 heterocycles. The molecule has 0 fully saturated rings. The number of aromatic nitrogens is 1. The summed E-state index contributed by atoms with van der Waals surface area (Å²) in [4.78, 5) is 13.9. The van der Waals surface area contributed by atoms with Crippen LogP contribution in [0.25, 0.3) is 0 Å². The second-order valence-corrected chi connectivity index (χ2v) is 6.01. The number of pyridine rings is 1. The lowest BCUT2D eigenvalue weighted by Gasteiger charge is -2.08. The Morgan fingerprint density at radius 1 is 1.29 bits per heavy atom. The first-order valence-electron chi connectivity index (χ1n) is 6.41. The van der Waals surface area contributed by atoms with Crippen LogP contribution in [0.2, 0.25) is 0 Å². The molecular weight excluding hydrogens is 292 g/mol. The Bertz CT molecular complexity index is 768. The summed E-state index contributed by atoms with van der Waals surface area (Å²) in [6.45, 7) is 2.49. The molecule has 0 unspecified atom stereocenters. The van der Waals surface area contributed by atoms with Crippen LogP contribution in [0.4, 0.5) is 0 Å². The van der Waals surface area contributed by atoms with Crippen molar-refractivity contribution in [2.24, 2.45) is 0 Å². The van der Waals surface area contributed by atoms with Crippen molar-refractivity contribution in [3.63, 3.8) is 0 Å². The number of rotatable bonds is 6. The van der Waals surface area contributed by atoms with E-state index in [9.17, 15) is 13.2 Å². The molecule has 21 heavy (non-hydrogen) atoms. The predicted molar refractivity (Wildman–Crippen MR) is 78.7 cm³/mol. The highest BCUT2D eigenvalue weighted by atomic mass is 32.2. The molecule has 1 aromatic carbocycles. The lowest BCUT2D eigenvalue weighted by Crippen LogP contribution is -2.27.